The van der Waals surface area contributed by atoms with Crippen LogP contribution >= 0.6 is 0 Å². The highest BCUT2D eigenvalue weighted by molar-refractivity contribution is 5.93. The minimum Gasteiger partial charge on any atom is -0.334 e. The summed E-state index contributed by atoms with van der Waals surface area (Å²) in [6.45, 7) is 1.46. The Morgan fingerprint density at radius 2 is 1.83 bits per heavy atom. The van der Waals surface area contributed by atoms with Crippen LogP contribution in [-0.2, 0) is 6.54 Å². The molecule has 0 aromatic carbocycles. The minimum atomic E-state index is 0.0699. The van der Waals surface area contributed by atoms with E-state index in [9.17, 15) is 4.79 Å². The number of nitrogens with zero attached hydrogens (tertiary/aromatic N) is 3. The molecule has 1 aliphatic rings. The molecule has 23 heavy (non-hydrogen) atoms. The van der Waals surface area contributed by atoms with Crippen molar-refractivity contribution in [1.82, 2.24) is 14.9 Å². The third-order valence-electron chi connectivity index (χ3n) is 4.52. The molecule has 0 bridgehead atoms. The molecule has 1 aliphatic carbocycles. The van der Waals surface area contributed by atoms with E-state index in [0.717, 1.165) is 12.1 Å². The lowest BCUT2D eigenvalue weighted by Gasteiger charge is -2.30. The second-order valence-electron chi connectivity index (χ2n) is 6.29. The van der Waals surface area contributed by atoms with Crippen LogP contribution in [0.3, 0.4) is 0 Å². The van der Waals surface area contributed by atoms with E-state index >= 15 is 0 Å². The molecule has 0 saturated heterocycles. The fraction of sp³-hybridized carbons (Fsp3) is 0.421. The van der Waals surface area contributed by atoms with Gasteiger partial charge in [-0.25, -0.2) is 0 Å². The minimum absolute atomic E-state index is 0.0699. The first kappa shape index (κ1) is 15.7. The van der Waals surface area contributed by atoms with Crippen LogP contribution in [0.4, 0.5) is 0 Å². The average Bonchev–Trinajstić information content (AvgIpc) is 2.63. The second-order valence-corrected chi connectivity index (χ2v) is 6.29. The summed E-state index contributed by atoms with van der Waals surface area (Å²) in [7, 11) is 0. The van der Waals surface area contributed by atoms with Crippen LogP contribution in [0, 0.1) is 5.92 Å². The van der Waals surface area contributed by atoms with Gasteiger partial charge in [0.05, 0.1) is 5.56 Å². The number of hydrogen-bond donors (Lipinski definition) is 0. The fourth-order valence-electron chi connectivity index (χ4n) is 3.28. The number of carbonyl (C=O) groups is 1. The van der Waals surface area contributed by atoms with Gasteiger partial charge in [0, 0.05) is 37.9 Å². The Balaban J connectivity index is 1.76. The third-order valence-corrected chi connectivity index (χ3v) is 4.52. The zero-order valence-corrected chi connectivity index (χ0v) is 13.4. The first-order valence-corrected chi connectivity index (χ1v) is 8.41. The summed E-state index contributed by atoms with van der Waals surface area (Å²) in [5.74, 6) is 0.687. The van der Waals surface area contributed by atoms with Crippen molar-refractivity contribution in [1.29, 1.82) is 0 Å². The van der Waals surface area contributed by atoms with Crippen LogP contribution in [0.5, 0.6) is 0 Å². The highest BCUT2D eigenvalue weighted by atomic mass is 16.2. The molecule has 2 aromatic heterocycles. The Labute approximate surface area is 137 Å². The van der Waals surface area contributed by atoms with Crippen LogP contribution < -0.4 is 0 Å². The van der Waals surface area contributed by atoms with Crippen molar-refractivity contribution in [3.05, 3.63) is 60.2 Å². The van der Waals surface area contributed by atoms with E-state index in [4.69, 9.17) is 0 Å². The van der Waals surface area contributed by atoms with E-state index < -0.39 is 0 Å². The number of carbonyl (C=O) groups excluding carboxylic acids is 1. The van der Waals surface area contributed by atoms with E-state index in [1.165, 1.54) is 32.1 Å². The smallest absolute Gasteiger partial charge is 0.255 e. The van der Waals surface area contributed by atoms with Gasteiger partial charge in [-0.2, -0.15) is 0 Å². The van der Waals surface area contributed by atoms with Crippen molar-refractivity contribution in [2.45, 2.75) is 38.6 Å². The standard InChI is InChI=1S/C19H23N3O/c23-19(18-7-4-10-21-13-18)22(14-16-5-2-1-3-6-16)15-17-8-11-20-12-9-17/h4,7-13,16H,1-3,5-6,14-15H2. The molecule has 2 heterocycles. The molecular formula is C19H23N3O. The summed E-state index contributed by atoms with van der Waals surface area (Å²) in [5, 5.41) is 0. The van der Waals surface area contributed by atoms with Gasteiger partial charge in [0.2, 0.25) is 0 Å². The van der Waals surface area contributed by atoms with E-state index in [-0.39, 0.29) is 5.91 Å². The topological polar surface area (TPSA) is 46.1 Å². The Hall–Kier alpha value is -2.23. The summed E-state index contributed by atoms with van der Waals surface area (Å²) in [4.78, 5) is 23.0. The molecule has 2 aromatic rings. The predicted molar refractivity (Wildman–Crippen MR) is 89.8 cm³/mol. The normalized spacial score (nSPS) is 15.3. The molecule has 120 valence electrons. The Morgan fingerprint density at radius 3 is 2.52 bits per heavy atom. The Morgan fingerprint density at radius 1 is 1.04 bits per heavy atom. The predicted octanol–water partition coefficient (Wildman–Crippen LogP) is 3.70. The third kappa shape index (κ3) is 4.38. The largest absolute Gasteiger partial charge is 0.334 e. The molecule has 0 spiro atoms. The van der Waals surface area contributed by atoms with Crippen LogP contribution in [0.2, 0.25) is 0 Å². The van der Waals surface area contributed by atoms with Gasteiger partial charge in [0.1, 0.15) is 0 Å². The zero-order valence-electron chi connectivity index (χ0n) is 13.4. The van der Waals surface area contributed by atoms with Crippen molar-refractivity contribution in [3.63, 3.8) is 0 Å². The maximum Gasteiger partial charge on any atom is 0.255 e. The molecule has 0 radical (unpaired) electrons. The number of pyridine rings is 2. The fourth-order valence-corrected chi connectivity index (χ4v) is 3.28. The number of amides is 1. The molecule has 3 rings (SSSR count). The monoisotopic (exact) mass is 309 g/mol. The van der Waals surface area contributed by atoms with Crippen molar-refractivity contribution >= 4 is 5.91 Å². The van der Waals surface area contributed by atoms with Crippen molar-refractivity contribution in [2.75, 3.05) is 6.54 Å². The van der Waals surface area contributed by atoms with E-state index in [1.807, 2.05) is 29.2 Å². The van der Waals surface area contributed by atoms with Crippen LogP contribution in [-0.4, -0.2) is 27.3 Å². The Kier molecular flexibility index (Phi) is 5.35. The van der Waals surface area contributed by atoms with Crippen molar-refractivity contribution in [3.8, 4) is 0 Å². The van der Waals surface area contributed by atoms with Gasteiger partial charge in [-0.3, -0.25) is 14.8 Å². The molecule has 1 saturated carbocycles. The molecule has 0 aliphatic heterocycles. The number of hydrogen-bond acceptors (Lipinski definition) is 3. The van der Waals surface area contributed by atoms with Gasteiger partial charge in [-0.05, 0) is 48.6 Å². The number of aromatic nitrogens is 2. The molecule has 0 N–H and O–H groups in total. The lowest BCUT2D eigenvalue weighted by atomic mass is 9.88. The van der Waals surface area contributed by atoms with E-state index in [0.29, 0.717) is 18.0 Å². The molecule has 4 heteroatoms. The average molecular weight is 309 g/mol. The zero-order chi connectivity index (χ0) is 15.9. The summed E-state index contributed by atoms with van der Waals surface area (Å²) in [5.41, 5.74) is 1.78. The van der Waals surface area contributed by atoms with E-state index in [1.54, 1.807) is 24.8 Å². The van der Waals surface area contributed by atoms with Gasteiger partial charge < -0.3 is 4.90 Å². The molecule has 1 fully saturated rings. The van der Waals surface area contributed by atoms with Crippen LogP contribution in [0.15, 0.2) is 49.1 Å². The maximum absolute atomic E-state index is 12.9. The molecule has 4 nitrogen and oxygen atoms in total. The van der Waals surface area contributed by atoms with Gasteiger partial charge in [0.15, 0.2) is 0 Å². The van der Waals surface area contributed by atoms with Gasteiger partial charge in [-0.15, -0.1) is 0 Å². The molecular weight excluding hydrogens is 286 g/mol. The van der Waals surface area contributed by atoms with Gasteiger partial charge >= 0.3 is 0 Å². The summed E-state index contributed by atoms with van der Waals surface area (Å²) < 4.78 is 0. The summed E-state index contributed by atoms with van der Waals surface area (Å²) in [6, 6.07) is 7.61. The SMILES string of the molecule is O=C(c1cccnc1)N(Cc1ccncc1)CC1CCCCC1. The van der Waals surface area contributed by atoms with Gasteiger partial charge in [-0.1, -0.05) is 19.3 Å². The lowest BCUT2D eigenvalue weighted by molar-refractivity contribution is 0.0698. The van der Waals surface area contributed by atoms with Crippen LogP contribution in [0.25, 0.3) is 0 Å². The first-order chi connectivity index (χ1) is 11.3. The van der Waals surface area contributed by atoms with Gasteiger partial charge in [0.25, 0.3) is 5.91 Å². The number of rotatable bonds is 5. The van der Waals surface area contributed by atoms with Crippen molar-refractivity contribution in [2.24, 2.45) is 5.92 Å². The highest BCUT2D eigenvalue weighted by Gasteiger charge is 2.22. The quantitative estimate of drug-likeness (QED) is 0.846. The first-order valence-electron chi connectivity index (χ1n) is 8.41. The summed E-state index contributed by atoms with van der Waals surface area (Å²) in [6.07, 6.45) is 13.3. The van der Waals surface area contributed by atoms with E-state index in [2.05, 4.69) is 9.97 Å². The maximum atomic E-state index is 12.9. The molecule has 0 unspecified atom stereocenters. The lowest BCUT2D eigenvalue weighted by Crippen LogP contribution is -2.35. The molecule has 1 amide bonds. The van der Waals surface area contributed by atoms with Crippen LogP contribution in [0.1, 0.15) is 48.0 Å². The highest BCUT2D eigenvalue weighted by Crippen LogP contribution is 2.25. The summed E-state index contributed by atoms with van der Waals surface area (Å²) >= 11 is 0. The molecule has 0 atom stereocenters. The Bertz CT molecular complexity index is 609. The second kappa shape index (κ2) is 7.86. The van der Waals surface area contributed by atoms with Crippen molar-refractivity contribution < 1.29 is 4.79 Å².